The Kier molecular flexibility index (Phi) is 3.38. The van der Waals surface area contributed by atoms with Gasteiger partial charge in [0.15, 0.2) is 0 Å². The van der Waals surface area contributed by atoms with Gasteiger partial charge in [-0.3, -0.25) is 4.99 Å². The molecule has 0 radical (unpaired) electrons. The lowest BCUT2D eigenvalue weighted by atomic mass is 9.97. The molecule has 0 fully saturated rings. The SMILES string of the molecule is Cc1ccc(-c2ccc3cc(C)c(C4=NCCN4)cc3c2)cc1. The fourth-order valence-corrected chi connectivity index (χ4v) is 3.17. The van der Waals surface area contributed by atoms with Gasteiger partial charge >= 0.3 is 0 Å². The summed E-state index contributed by atoms with van der Waals surface area (Å²) < 4.78 is 0. The van der Waals surface area contributed by atoms with Crippen LogP contribution in [-0.2, 0) is 0 Å². The molecule has 2 nitrogen and oxygen atoms in total. The van der Waals surface area contributed by atoms with Crippen LogP contribution in [-0.4, -0.2) is 18.9 Å². The molecule has 0 spiro atoms. The van der Waals surface area contributed by atoms with E-state index < -0.39 is 0 Å². The summed E-state index contributed by atoms with van der Waals surface area (Å²) in [5.74, 6) is 1.03. The lowest BCUT2D eigenvalue weighted by molar-refractivity contribution is 0.960. The van der Waals surface area contributed by atoms with Gasteiger partial charge in [0.25, 0.3) is 0 Å². The second kappa shape index (κ2) is 5.54. The largest absolute Gasteiger partial charge is 0.368 e. The van der Waals surface area contributed by atoms with E-state index >= 15 is 0 Å². The van der Waals surface area contributed by atoms with Crippen LogP contribution in [0.1, 0.15) is 16.7 Å². The third-order valence-electron chi connectivity index (χ3n) is 4.50. The number of benzene rings is 3. The first-order chi connectivity index (χ1) is 11.2. The second-order valence-electron chi connectivity index (χ2n) is 6.25. The molecule has 1 N–H and O–H groups in total. The molecule has 1 aliphatic rings. The Bertz CT molecular complexity index is 905. The van der Waals surface area contributed by atoms with E-state index in [1.807, 2.05) is 0 Å². The summed E-state index contributed by atoms with van der Waals surface area (Å²) in [4.78, 5) is 4.57. The van der Waals surface area contributed by atoms with Crippen LogP contribution in [0.5, 0.6) is 0 Å². The van der Waals surface area contributed by atoms with Crippen LogP contribution in [0, 0.1) is 13.8 Å². The summed E-state index contributed by atoms with van der Waals surface area (Å²) in [6, 6.07) is 19.9. The third-order valence-corrected chi connectivity index (χ3v) is 4.50. The zero-order chi connectivity index (χ0) is 15.8. The first kappa shape index (κ1) is 14.0. The summed E-state index contributed by atoms with van der Waals surface area (Å²) >= 11 is 0. The van der Waals surface area contributed by atoms with Crippen molar-refractivity contribution >= 4 is 16.6 Å². The normalized spacial score (nSPS) is 13.9. The van der Waals surface area contributed by atoms with Crippen molar-refractivity contribution in [3.8, 4) is 11.1 Å². The summed E-state index contributed by atoms with van der Waals surface area (Å²) in [5.41, 5.74) is 6.30. The molecule has 0 saturated carbocycles. The Morgan fingerprint density at radius 3 is 2.35 bits per heavy atom. The molecule has 4 rings (SSSR count). The van der Waals surface area contributed by atoms with E-state index in [2.05, 4.69) is 78.8 Å². The van der Waals surface area contributed by atoms with Gasteiger partial charge < -0.3 is 5.32 Å². The Balaban J connectivity index is 1.84. The molecule has 0 atom stereocenters. The minimum atomic E-state index is 0.871. The smallest absolute Gasteiger partial charge is 0.128 e. The lowest BCUT2D eigenvalue weighted by Crippen LogP contribution is -2.20. The fourth-order valence-electron chi connectivity index (χ4n) is 3.17. The number of hydrogen-bond acceptors (Lipinski definition) is 2. The minimum absolute atomic E-state index is 0.871. The number of hydrogen-bond donors (Lipinski definition) is 1. The second-order valence-corrected chi connectivity index (χ2v) is 6.25. The van der Waals surface area contributed by atoms with Crippen LogP contribution in [0.4, 0.5) is 0 Å². The Morgan fingerprint density at radius 2 is 1.61 bits per heavy atom. The van der Waals surface area contributed by atoms with Gasteiger partial charge in [-0.15, -0.1) is 0 Å². The number of fused-ring (bicyclic) bond motifs is 1. The Morgan fingerprint density at radius 1 is 0.826 bits per heavy atom. The van der Waals surface area contributed by atoms with Crippen molar-refractivity contribution in [1.82, 2.24) is 5.32 Å². The van der Waals surface area contributed by atoms with Gasteiger partial charge in [0.1, 0.15) is 5.84 Å². The van der Waals surface area contributed by atoms with E-state index in [9.17, 15) is 0 Å². The maximum atomic E-state index is 4.57. The van der Waals surface area contributed by atoms with Crippen LogP contribution < -0.4 is 5.32 Å². The highest BCUT2D eigenvalue weighted by Crippen LogP contribution is 2.27. The minimum Gasteiger partial charge on any atom is -0.368 e. The molecule has 0 bridgehead atoms. The average molecular weight is 300 g/mol. The first-order valence-corrected chi connectivity index (χ1v) is 8.11. The standard InChI is InChI=1S/C21H20N2/c1-14-3-5-16(6-4-14)18-8-7-17-11-15(2)20(13-19(17)12-18)21-22-9-10-23-21/h3-8,11-13H,9-10H2,1-2H3,(H,22,23). The molecule has 23 heavy (non-hydrogen) atoms. The first-order valence-electron chi connectivity index (χ1n) is 8.11. The van der Waals surface area contributed by atoms with Gasteiger partial charge in [-0.2, -0.15) is 0 Å². The van der Waals surface area contributed by atoms with Crippen molar-refractivity contribution in [3.05, 3.63) is 71.3 Å². The summed E-state index contributed by atoms with van der Waals surface area (Å²) in [7, 11) is 0. The van der Waals surface area contributed by atoms with Crippen molar-refractivity contribution in [2.45, 2.75) is 13.8 Å². The average Bonchev–Trinajstić information content (AvgIpc) is 3.09. The molecule has 0 saturated heterocycles. The maximum absolute atomic E-state index is 4.57. The van der Waals surface area contributed by atoms with E-state index in [-0.39, 0.29) is 0 Å². The topological polar surface area (TPSA) is 24.4 Å². The lowest BCUT2D eigenvalue weighted by Gasteiger charge is -2.10. The van der Waals surface area contributed by atoms with Crippen LogP contribution in [0.25, 0.3) is 21.9 Å². The summed E-state index contributed by atoms with van der Waals surface area (Å²) in [5, 5.41) is 5.92. The van der Waals surface area contributed by atoms with Crippen molar-refractivity contribution in [2.24, 2.45) is 4.99 Å². The van der Waals surface area contributed by atoms with E-state index in [0.29, 0.717) is 0 Å². The molecule has 0 amide bonds. The highest BCUT2D eigenvalue weighted by molar-refractivity contribution is 6.04. The fraction of sp³-hybridized carbons (Fsp3) is 0.190. The molecular weight excluding hydrogens is 280 g/mol. The zero-order valence-electron chi connectivity index (χ0n) is 13.6. The third kappa shape index (κ3) is 2.61. The molecule has 0 aromatic heterocycles. The highest BCUT2D eigenvalue weighted by Gasteiger charge is 2.12. The van der Waals surface area contributed by atoms with Crippen molar-refractivity contribution in [2.75, 3.05) is 13.1 Å². The predicted molar refractivity (Wildman–Crippen MR) is 98.3 cm³/mol. The predicted octanol–water partition coefficient (Wildman–Crippen LogP) is 4.47. The van der Waals surface area contributed by atoms with Gasteiger partial charge in [-0.1, -0.05) is 48.0 Å². The molecular formula is C21H20N2. The number of rotatable bonds is 2. The number of amidine groups is 1. The van der Waals surface area contributed by atoms with E-state index in [1.165, 1.54) is 38.6 Å². The Hall–Kier alpha value is -2.61. The maximum Gasteiger partial charge on any atom is 0.128 e. The molecule has 1 aliphatic heterocycles. The van der Waals surface area contributed by atoms with Crippen LogP contribution in [0.15, 0.2) is 59.6 Å². The van der Waals surface area contributed by atoms with Gasteiger partial charge in [0.2, 0.25) is 0 Å². The van der Waals surface area contributed by atoms with Crippen molar-refractivity contribution < 1.29 is 0 Å². The van der Waals surface area contributed by atoms with Crippen molar-refractivity contribution in [3.63, 3.8) is 0 Å². The number of nitrogens with one attached hydrogen (secondary N) is 1. The Labute approximate surface area is 136 Å². The van der Waals surface area contributed by atoms with Gasteiger partial charge in [-0.25, -0.2) is 0 Å². The number of aliphatic imine (C=N–C) groups is 1. The van der Waals surface area contributed by atoms with E-state index in [4.69, 9.17) is 0 Å². The number of nitrogens with zero attached hydrogens (tertiary/aromatic N) is 1. The highest BCUT2D eigenvalue weighted by atomic mass is 15.1. The quantitative estimate of drug-likeness (QED) is 0.741. The van der Waals surface area contributed by atoms with Crippen LogP contribution in [0.2, 0.25) is 0 Å². The van der Waals surface area contributed by atoms with Gasteiger partial charge in [0, 0.05) is 12.1 Å². The molecule has 2 heteroatoms. The summed E-state index contributed by atoms with van der Waals surface area (Å²) in [6.45, 7) is 6.09. The molecule has 0 aliphatic carbocycles. The molecule has 3 aromatic carbocycles. The zero-order valence-corrected chi connectivity index (χ0v) is 13.6. The van der Waals surface area contributed by atoms with Crippen molar-refractivity contribution in [1.29, 1.82) is 0 Å². The van der Waals surface area contributed by atoms with E-state index in [0.717, 1.165) is 18.9 Å². The number of aryl methyl sites for hydroxylation is 2. The molecule has 114 valence electrons. The van der Waals surface area contributed by atoms with Crippen LogP contribution >= 0.6 is 0 Å². The molecule has 1 heterocycles. The van der Waals surface area contributed by atoms with Gasteiger partial charge in [0.05, 0.1) is 6.54 Å². The summed E-state index contributed by atoms with van der Waals surface area (Å²) in [6.07, 6.45) is 0. The molecule has 0 unspecified atom stereocenters. The molecule has 3 aromatic rings. The van der Waals surface area contributed by atoms with E-state index in [1.54, 1.807) is 0 Å². The van der Waals surface area contributed by atoms with Gasteiger partial charge in [-0.05, 0) is 53.4 Å². The monoisotopic (exact) mass is 300 g/mol. The van der Waals surface area contributed by atoms with Crippen LogP contribution in [0.3, 0.4) is 0 Å².